The molecule has 0 saturated heterocycles. The summed E-state index contributed by atoms with van der Waals surface area (Å²) in [5.74, 6) is 0.684. The van der Waals surface area contributed by atoms with Crippen molar-refractivity contribution < 1.29 is 9.53 Å². The van der Waals surface area contributed by atoms with Crippen LogP contribution in [0.15, 0.2) is 48.5 Å². The van der Waals surface area contributed by atoms with Gasteiger partial charge in [-0.15, -0.1) is 0 Å². The predicted octanol–water partition coefficient (Wildman–Crippen LogP) is 4.24. The highest BCUT2D eigenvalue weighted by Crippen LogP contribution is 2.39. The molecule has 0 spiro atoms. The molecule has 3 heteroatoms. The maximum absolute atomic E-state index is 12.7. The molecule has 0 fully saturated rings. The molecule has 0 unspecified atom stereocenters. The van der Waals surface area contributed by atoms with Gasteiger partial charge in [-0.2, -0.15) is 0 Å². The van der Waals surface area contributed by atoms with Crippen LogP contribution < -0.4 is 4.74 Å². The van der Waals surface area contributed by atoms with Crippen LogP contribution in [0.2, 0.25) is 0 Å². The molecule has 0 amide bonds. The summed E-state index contributed by atoms with van der Waals surface area (Å²) in [5, 5.41) is 1.92. The lowest BCUT2D eigenvalue weighted by molar-refractivity contribution is 0.104. The van der Waals surface area contributed by atoms with E-state index < -0.39 is 0 Å². The summed E-state index contributed by atoms with van der Waals surface area (Å²) in [6, 6.07) is 15.3. The Hall–Kier alpha value is -2.68. The number of fused-ring (bicyclic) bond motifs is 2. The standard InChI is InChI=1S/C19H15NO2/c1-2-10-22-16-11-12-6-5-9-15-17(12)18(20-16)13-7-3-4-8-14(13)19(15)21/h3-9,11H,2,10H2,1H3. The van der Waals surface area contributed by atoms with Crippen LogP contribution in [0.4, 0.5) is 0 Å². The molecule has 0 saturated carbocycles. The van der Waals surface area contributed by atoms with Gasteiger partial charge in [0, 0.05) is 28.1 Å². The Morgan fingerprint density at radius 1 is 1.00 bits per heavy atom. The second-order valence-corrected chi connectivity index (χ2v) is 5.44. The summed E-state index contributed by atoms with van der Waals surface area (Å²) >= 11 is 0. The van der Waals surface area contributed by atoms with Gasteiger partial charge in [-0.1, -0.05) is 49.4 Å². The fourth-order valence-corrected chi connectivity index (χ4v) is 2.98. The first kappa shape index (κ1) is 13.0. The first-order valence-corrected chi connectivity index (χ1v) is 7.50. The Balaban J connectivity index is 2.06. The third kappa shape index (κ3) is 1.82. The first-order chi connectivity index (χ1) is 10.8. The fourth-order valence-electron chi connectivity index (χ4n) is 2.98. The van der Waals surface area contributed by atoms with Gasteiger partial charge in [0.15, 0.2) is 5.78 Å². The van der Waals surface area contributed by atoms with Crippen molar-refractivity contribution in [2.24, 2.45) is 0 Å². The third-order valence-corrected chi connectivity index (χ3v) is 3.96. The number of hydrogen-bond acceptors (Lipinski definition) is 3. The topological polar surface area (TPSA) is 39.2 Å². The Labute approximate surface area is 128 Å². The number of ether oxygens (including phenoxy) is 1. The Morgan fingerprint density at radius 2 is 1.77 bits per heavy atom. The van der Waals surface area contributed by atoms with Crippen molar-refractivity contribution >= 4 is 16.6 Å². The molecule has 1 aliphatic carbocycles. The number of aromatic nitrogens is 1. The zero-order valence-electron chi connectivity index (χ0n) is 12.3. The van der Waals surface area contributed by atoms with Gasteiger partial charge in [0.05, 0.1) is 12.3 Å². The average Bonchev–Trinajstić information content (AvgIpc) is 2.57. The number of nitrogens with zero attached hydrogens (tertiary/aromatic N) is 1. The minimum absolute atomic E-state index is 0.0673. The van der Waals surface area contributed by atoms with Crippen LogP contribution in [-0.4, -0.2) is 17.4 Å². The van der Waals surface area contributed by atoms with Crippen molar-refractivity contribution in [3.05, 3.63) is 59.7 Å². The van der Waals surface area contributed by atoms with E-state index in [1.165, 1.54) is 0 Å². The number of hydrogen-bond donors (Lipinski definition) is 0. The summed E-state index contributed by atoms with van der Waals surface area (Å²) in [7, 11) is 0. The van der Waals surface area contributed by atoms with Crippen molar-refractivity contribution in [3.63, 3.8) is 0 Å². The maximum Gasteiger partial charge on any atom is 0.214 e. The van der Waals surface area contributed by atoms with Crippen molar-refractivity contribution in [2.45, 2.75) is 13.3 Å². The molecule has 0 N–H and O–H groups in total. The normalized spacial score (nSPS) is 12.3. The molecule has 1 aliphatic rings. The van der Waals surface area contributed by atoms with Gasteiger partial charge < -0.3 is 4.74 Å². The van der Waals surface area contributed by atoms with E-state index in [0.717, 1.165) is 34.0 Å². The SMILES string of the molecule is CCCOc1cc2cccc3c2c(n1)-c1ccccc1C3=O. The number of ketones is 1. The lowest BCUT2D eigenvalue weighted by Gasteiger charge is -2.19. The van der Waals surface area contributed by atoms with Gasteiger partial charge in [-0.25, -0.2) is 4.98 Å². The Morgan fingerprint density at radius 3 is 2.59 bits per heavy atom. The maximum atomic E-state index is 12.7. The van der Waals surface area contributed by atoms with E-state index in [2.05, 4.69) is 11.9 Å². The molecule has 3 nitrogen and oxygen atoms in total. The van der Waals surface area contributed by atoms with Crippen LogP contribution in [-0.2, 0) is 0 Å². The minimum Gasteiger partial charge on any atom is -0.478 e. The summed E-state index contributed by atoms with van der Waals surface area (Å²) in [5.41, 5.74) is 3.16. The molecular weight excluding hydrogens is 274 g/mol. The van der Waals surface area contributed by atoms with E-state index in [9.17, 15) is 4.79 Å². The number of pyridine rings is 1. The lowest BCUT2D eigenvalue weighted by atomic mass is 9.86. The monoisotopic (exact) mass is 289 g/mol. The molecule has 22 heavy (non-hydrogen) atoms. The van der Waals surface area contributed by atoms with Gasteiger partial charge in [0.1, 0.15) is 0 Å². The zero-order chi connectivity index (χ0) is 15.1. The Kier molecular flexibility index (Phi) is 2.93. The van der Waals surface area contributed by atoms with Gasteiger partial charge in [0.2, 0.25) is 5.88 Å². The third-order valence-electron chi connectivity index (χ3n) is 3.96. The van der Waals surface area contributed by atoms with E-state index in [0.29, 0.717) is 18.1 Å². The summed E-state index contributed by atoms with van der Waals surface area (Å²) in [6.45, 7) is 2.70. The molecule has 0 bridgehead atoms. The van der Waals surface area contributed by atoms with E-state index in [1.807, 2.05) is 48.5 Å². The number of benzene rings is 2. The van der Waals surface area contributed by atoms with Gasteiger partial charge in [0.25, 0.3) is 0 Å². The quantitative estimate of drug-likeness (QED) is 0.566. The fraction of sp³-hybridized carbons (Fsp3) is 0.158. The van der Waals surface area contributed by atoms with Crippen molar-refractivity contribution in [3.8, 4) is 17.1 Å². The number of carbonyl (C=O) groups excluding carboxylic acids is 1. The highest BCUT2D eigenvalue weighted by molar-refractivity contribution is 6.25. The molecular formula is C19H15NO2. The molecule has 2 aromatic carbocycles. The molecule has 4 rings (SSSR count). The van der Waals surface area contributed by atoms with Crippen LogP contribution in [0.5, 0.6) is 5.88 Å². The second kappa shape index (κ2) is 4.95. The van der Waals surface area contributed by atoms with E-state index in [-0.39, 0.29) is 5.78 Å². The molecule has 1 aromatic heterocycles. The van der Waals surface area contributed by atoms with Gasteiger partial charge in [-0.05, 0) is 11.8 Å². The molecule has 108 valence electrons. The van der Waals surface area contributed by atoms with Crippen LogP contribution in [0, 0.1) is 0 Å². The van der Waals surface area contributed by atoms with E-state index in [4.69, 9.17) is 4.74 Å². The van der Waals surface area contributed by atoms with Crippen LogP contribution in [0.3, 0.4) is 0 Å². The first-order valence-electron chi connectivity index (χ1n) is 7.50. The molecule has 1 heterocycles. The highest BCUT2D eigenvalue weighted by Gasteiger charge is 2.26. The van der Waals surface area contributed by atoms with Crippen LogP contribution in [0.25, 0.3) is 22.0 Å². The highest BCUT2D eigenvalue weighted by atomic mass is 16.5. The number of carbonyl (C=O) groups is 1. The summed E-state index contributed by atoms with van der Waals surface area (Å²) < 4.78 is 5.72. The molecule has 0 atom stereocenters. The molecule has 3 aromatic rings. The predicted molar refractivity (Wildman–Crippen MR) is 86.4 cm³/mol. The smallest absolute Gasteiger partial charge is 0.214 e. The van der Waals surface area contributed by atoms with Crippen LogP contribution >= 0.6 is 0 Å². The van der Waals surface area contributed by atoms with Crippen LogP contribution in [0.1, 0.15) is 29.3 Å². The summed E-state index contributed by atoms with van der Waals surface area (Å²) in [6.07, 6.45) is 0.935. The average molecular weight is 289 g/mol. The van der Waals surface area contributed by atoms with E-state index >= 15 is 0 Å². The minimum atomic E-state index is 0.0673. The van der Waals surface area contributed by atoms with Crippen molar-refractivity contribution in [1.29, 1.82) is 0 Å². The molecule has 0 radical (unpaired) electrons. The molecule has 0 aliphatic heterocycles. The van der Waals surface area contributed by atoms with E-state index in [1.54, 1.807) is 0 Å². The number of rotatable bonds is 3. The Bertz CT molecular complexity index is 899. The van der Waals surface area contributed by atoms with Gasteiger partial charge in [-0.3, -0.25) is 4.79 Å². The lowest BCUT2D eigenvalue weighted by Crippen LogP contribution is -2.11. The second-order valence-electron chi connectivity index (χ2n) is 5.44. The largest absolute Gasteiger partial charge is 0.478 e. The summed E-state index contributed by atoms with van der Waals surface area (Å²) in [4.78, 5) is 17.4. The van der Waals surface area contributed by atoms with Crippen molar-refractivity contribution in [2.75, 3.05) is 6.61 Å². The van der Waals surface area contributed by atoms with Crippen molar-refractivity contribution in [1.82, 2.24) is 4.98 Å². The van der Waals surface area contributed by atoms with Gasteiger partial charge >= 0.3 is 0 Å². The zero-order valence-corrected chi connectivity index (χ0v) is 12.3.